The van der Waals surface area contributed by atoms with Crippen molar-refractivity contribution in [2.45, 2.75) is 15.2 Å². The number of fused-ring (bicyclic) bond motifs is 12. The van der Waals surface area contributed by atoms with Gasteiger partial charge in [0.25, 0.3) is 0 Å². The van der Waals surface area contributed by atoms with Crippen LogP contribution in [0.15, 0.2) is 234 Å². The summed E-state index contributed by atoms with van der Waals surface area (Å²) in [6.07, 6.45) is 0. The lowest BCUT2D eigenvalue weighted by Crippen LogP contribution is -2.32. The minimum atomic E-state index is -0.533. The molecule has 2 aliphatic rings. The molecule has 63 heavy (non-hydrogen) atoms. The van der Waals surface area contributed by atoms with E-state index in [1.54, 1.807) is 0 Å². The van der Waals surface area contributed by atoms with Gasteiger partial charge in [-0.1, -0.05) is 194 Å². The van der Waals surface area contributed by atoms with Crippen LogP contribution in [-0.4, -0.2) is 14.5 Å². The molecule has 0 fully saturated rings. The highest BCUT2D eigenvalue weighted by atomic mass is 32.2. The summed E-state index contributed by atoms with van der Waals surface area (Å²) in [4.78, 5) is 13.4. The zero-order valence-electron chi connectivity index (χ0n) is 34.1. The smallest absolute Gasteiger partial charge is 0.160 e. The maximum Gasteiger partial charge on any atom is 0.160 e. The van der Waals surface area contributed by atoms with Crippen LogP contribution in [-0.2, 0) is 5.41 Å². The molecular formula is C59H37N3S. The van der Waals surface area contributed by atoms with Crippen molar-refractivity contribution in [2.75, 3.05) is 0 Å². The predicted molar refractivity (Wildman–Crippen MR) is 260 cm³/mol. The van der Waals surface area contributed by atoms with Gasteiger partial charge in [0.2, 0.25) is 0 Å². The molecule has 11 aromatic rings. The lowest BCUT2D eigenvalue weighted by molar-refractivity contribution is 0.723. The largest absolute Gasteiger partial charge is 0.309 e. The number of rotatable bonds is 5. The first kappa shape index (κ1) is 35.9. The van der Waals surface area contributed by atoms with Crippen LogP contribution in [0, 0.1) is 0 Å². The van der Waals surface area contributed by atoms with Crippen LogP contribution < -0.4 is 0 Å². The van der Waals surface area contributed by atoms with E-state index < -0.39 is 5.41 Å². The summed E-state index contributed by atoms with van der Waals surface area (Å²) >= 11 is 1.87. The minimum absolute atomic E-state index is 0.533. The Bertz CT molecular complexity index is 3510. The molecular weight excluding hydrogens is 783 g/mol. The van der Waals surface area contributed by atoms with Crippen molar-refractivity contribution in [1.82, 2.24) is 14.5 Å². The minimum Gasteiger partial charge on any atom is -0.309 e. The van der Waals surface area contributed by atoms with E-state index in [1.807, 2.05) is 11.8 Å². The molecule has 1 aliphatic heterocycles. The van der Waals surface area contributed by atoms with E-state index in [4.69, 9.17) is 9.97 Å². The summed E-state index contributed by atoms with van der Waals surface area (Å²) in [6, 6.07) is 81.3. The number of hydrogen-bond acceptors (Lipinski definition) is 3. The maximum absolute atomic E-state index is 5.52. The molecule has 0 radical (unpaired) electrons. The summed E-state index contributed by atoms with van der Waals surface area (Å²) in [5, 5.41) is 2.51. The highest BCUT2D eigenvalue weighted by Crippen LogP contribution is 2.63. The molecule has 3 nitrogen and oxygen atoms in total. The summed E-state index contributed by atoms with van der Waals surface area (Å²) in [5.74, 6) is 0.694. The van der Waals surface area contributed by atoms with Crippen LogP contribution in [0.25, 0.3) is 83.6 Å². The van der Waals surface area contributed by atoms with Gasteiger partial charge in [-0.15, -0.1) is 0 Å². The Kier molecular flexibility index (Phi) is 8.06. The fourth-order valence-corrected chi connectivity index (χ4v) is 11.6. The van der Waals surface area contributed by atoms with Crippen LogP contribution in [0.4, 0.5) is 0 Å². The Hall–Kier alpha value is -7.79. The first-order valence-corrected chi connectivity index (χ1v) is 22.3. The van der Waals surface area contributed by atoms with Crippen molar-refractivity contribution < 1.29 is 0 Å². The summed E-state index contributed by atoms with van der Waals surface area (Å²) < 4.78 is 2.37. The van der Waals surface area contributed by atoms with E-state index >= 15 is 0 Å². The van der Waals surface area contributed by atoms with Crippen LogP contribution >= 0.6 is 11.8 Å². The standard InChI is InChI=1S/C59H37N3S/c1-2-16-39(17-3-1)51-37-52(47-24-15-23-46-43-20-4-7-25-48(43)59(57(46)47)49-26-8-12-30-55(49)63-56-31-13-9-27-50(56)59)61-58(60-51)40-34-32-38(33-35-40)41-18-14-19-42(36-41)62-53-28-10-5-21-44(53)45-22-6-11-29-54(45)62/h1-37H. The van der Waals surface area contributed by atoms with Crippen molar-refractivity contribution in [2.24, 2.45) is 0 Å². The molecule has 0 amide bonds. The topological polar surface area (TPSA) is 30.7 Å². The molecule has 294 valence electrons. The highest BCUT2D eigenvalue weighted by molar-refractivity contribution is 7.99. The monoisotopic (exact) mass is 819 g/mol. The first-order valence-electron chi connectivity index (χ1n) is 21.5. The second-order valence-corrected chi connectivity index (χ2v) is 17.5. The molecule has 1 spiro atoms. The number of aromatic nitrogens is 3. The predicted octanol–water partition coefficient (Wildman–Crippen LogP) is 15.1. The second-order valence-electron chi connectivity index (χ2n) is 16.4. The van der Waals surface area contributed by atoms with Crippen LogP contribution in [0.1, 0.15) is 22.3 Å². The van der Waals surface area contributed by atoms with Gasteiger partial charge >= 0.3 is 0 Å². The van der Waals surface area contributed by atoms with Gasteiger partial charge in [0.05, 0.1) is 27.8 Å². The molecule has 2 aromatic heterocycles. The molecule has 1 aliphatic carbocycles. The summed E-state index contributed by atoms with van der Waals surface area (Å²) in [6.45, 7) is 0. The zero-order chi connectivity index (χ0) is 41.5. The van der Waals surface area contributed by atoms with Crippen LogP contribution in [0.5, 0.6) is 0 Å². The number of hydrogen-bond donors (Lipinski definition) is 0. The van der Waals surface area contributed by atoms with E-state index in [0.717, 1.165) is 44.9 Å². The van der Waals surface area contributed by atoms with Crippen molar-refractivity contribution in [1.29, 1.82) is 0 Å². The number of nitrogens with zero attached hydrogens (tertiary/aromatic N) is 3. The third kappa shape index (κ3) is 5.41. The third-order valence-electron chi connectivity index (χ3n) is 13.1. The molecule has 0 atom stereocenters. The van der Waals surface area contributed by atoms with E-state index in [1.165, 1.54) is 65.0 Å². The van der Waals surface area contributed by atoms with Gasteiger partial charge in [0.15, 0.2) is 5.82 Å². The van der Waals surface area contributed by atoms with Crippen molar-refractivity contribution in [3.63, 3.8) is 0 Å². The number of benzene rings is 9. The number of para-hydroxylation sites is 2. The van der Waals surface area contributed by atoms with E-state index in [2.05, 4.69) is 229 Å². The third-order valence-corrected chi connectivity index (χ3v) is 14.2. The highest BCUT2D eigenvalue weighted by Gasteiger charge is 2.51. The zero-order valence-corrected chi connectivity index (χ0v) is 34.9. The Labute approximate surface area is 370 Å². The molecule has 0 saturated heterocycles. The molecule has 0 unspecified atom stereocenters. The van der Waals surface area contributed by atoms with Crippen molar-refractivity contribution >= 4 is 33.6 Å². The van der Waals surface area contributed by atoms with Gasteiger partial charge in [-0.25, -0.2) is 9.97 Å². The Morgan fingerprint density at radius 1 is 0.365 bits per heavy atom. The lowest BCUT2D eigenvalue weighted by atomic mass is 9.66. The van der Waals surface area contributed by atoms with Crippen LogP contribution in [0.2, 0.25) is 0 Å². The SMILES string of the molecule is c1ccc(-c2cc(-c3cccc4c3C3(c5ccccc5Sc5ccccc53)c3ccccc3-4)nc(-c3ccc(-c4cccc(-n5c6ccccc6c6ccccc65)c4)cc3)n2)cc1. The Balaban J connectivity index is 0.975. The van der Waals surface area contributed by atoms with Gasteiger partial charge in [0.1, 0.15) is 0 Å². The fraction of sp³-hybridized carbons (Fsp3) is 0.0169. The normalized spacial score (nSPS) is 13.1. The van der Waals surface area contributed by atoms with Crippen molar-refractivity contribution in [3.05, 3.63) is 247 Å². The van der Waals surface area contributed by atoms with E-state index in [9.17, 15) is 0 Å². The van der Waals surface area contributed by atoms with Crippen molar-refractivity contribution in [3.8, 4) is 61.8 Å². The molecule has 0 saturated carbocycles. The molecule has 0 N–H and O–H groups in total. The second kappa shape index (κ2) is 14.1. The van der Waals surface area contributed by atoms with Crippen LogP contribution in [0.3, 0.4) is 0 Å². The summed E-state index contributed by atoms with van der Waals surface area (Å²) in [5.41, 5.74) is 17.9. The van der Waals surface area contributed by atoms with E-state index in [-0.39, 0.29) is 0 Å². The lowest BCUT2D eigenvalue weighted by Gasteiger charge is -2.40. The fourth-order valence-electron chi connectivity index (χ4n) is 10.4. The first-order chi connectivity index (χ1) is 31.2. The maximum atomic E-state index is 5.52. The molecule has 4 heteroatoms. The average molecular weight is 820 g/mol. The average Bonchev–Trinajstić information content (AvgIpc) is 3.85. The molecule has 9 aromatic carbocycles. The Morgan fingerprint density at radius 2 is 0.905 bits per heavy atom. The quantitative estimate of drug-likeness (QED) is 0.173. The van der Waals surface area contributed by atoms with E-state index in [0.29, 0.717) is 5.82 Å². The Morgan fingerprint density at radius 3 is 1.63 bits per heavy atom. The molecule has 13 rings (SSSR count). The van der Waals surface area contributed by atoms with Gasteiger partial charge in [-0.05, 0) is 87.0 Å². The molecule has 3 heterocycles. The summed E-state index contributed by atoms with van der Waals surface area (Å²) in [7, 11) is 0. The van der Waals surface area contributed by atoms with Gasteiger partial charge in [-0.3, -0.25) is 0 Å². The van der Waals surface area contributed by atoms with Gasteiger partial charge in [-0.2, -0.15) is 0 Å². The van der Waals surface area contributed by atoms with Gasteiger partial charge < -0.3 is 4.57 Å². The molecule has 0 bridgehead atoms. The van der Waals surface area contributed by atoms with Gasteiger partial charge in [0, 0.05) is 42.9 Å².